The monoisotopic (exact) mass is 539 g/mol. The number of halogens is 2. The molecule has 3 aliphatic rings. The van der Waals surface area contributed by atoms with Crippen LogP contribution in [0, 0.1) is 37.5 Å². The predicted octanol–water partition coefficient (Wildman–Crippen LogP) is 3.20. The van der Waals surface area contributed by atoms with Crippen LogP contribution in [0.2, 0.25) is 0 Å². The molecule has 0 unspecified atom stereocenters. The fourth-order valence-corrected chi connectivity index (χ4v) is 7.04. The molecule has 6 nitrogen and oxygen atoms in total. The van der Waals surface area contributed by atoms with Crippen LogP contribution in [-0.2, 0) is 19.1 Å². The van der Waals surface area contributed by atoms with E-state index >= 15 is 0 Å². The Morgan fingerprint density at radius 3 is 2.27 bits per heavy atom. The summed E-state index contributed by atoms with van der Waals surface area (Å²) in [5.74, 6) is -1.51. The highest BCUT2D eigenvalue weighted by molar-refractivity contribution is 9.12. The summed E-state index contributed by atoms with van der Waals surface area (Å²) >= 11 is 7.31. The maximum atomic E-state index is 12.8. The van der Waals surface area contributed by atoms with Crippen LogP contribution in [0.4, 0.5) is 0 Å². The quantitative estimate of drug-likeness (QED) is 0.239. The number of imide groups is 1. The Labute approximate surface area is 192 Å². The molecule has 2 aliphatic carbocycles. The van der Waals surface area contributed by atoms with Crippen molar-refractivity contribution in [3.8, 4) is 0 Å². The molecule has 6 atom stereocenters. The van der Waals surface area contributed by atoms with E-state index in [1.54, 1.807) is 6.07 Å². The third-order valence-electron chi connectivity index (χ3n) is 6.68. The Morgan fingerprint density at radius 2 is 1.67 bits per heavy atom. The third-order valence-corrected chi connectivity index (χ3v) is 9.88. The molecule has 1 aromatic carbocycles. The van der Waals surface area contributed by atoms with Gasteiger partial charge in [-0.15, -0.1) is 0 Å². The summed E-state index contributed by atoms with van der Waals surface area (Å²) in [6, 6.07) is 5.54. The van der Waals surface area contributed by atoms with Gasteiger partial charge >= 0.3 is 5.97 Å². The number of rotatable bonds is 6. The lowest BCUT2D eigenvalue weighted by Gasteiger charge is -2.28. The molecule has 2 saturated carbocycles. The number of hydrogen-bond acceptors (Lipinski definition) is 5. The Morgan fingerprint density at radius 1 is 1.07 bits per heavy atom. The number of nitrogens with zero attached hydrogens (tertiary/aromatic N) is 1. The molecule has 0 N–H and O–H groups in total. The van der Waals surface area contributed by atoms with Gasteiger partial charge in [0.1, 0.15) is 0 Å². The second kappa shape index (κ2) is 8.19. The second-order valence-electron chi connectivity index (χ2n) is 8.48. The van der Waals surface area contributed by atoms with Gasteiger partial charge in [-0.3, -0.25) is 24.1 Å². The minimum atomic E-state index is -0.592. The summed E-state index contributed by atoms with van der Waals surface area (Å²) in [5, 5.41) is 0. The summed E-state index contributed by atoms with van der Waals surface area (Å²) in [7, 11) is 0. The number of fused-ring (bicyclic) bond motifs is 5. The highest BCUT2D eigenvalue weighted by Crippen LogP contribution is 2.60. The highest BCUT2D eigenvalue weighted by atomic mass is 79.9. The van der Waals surface area contributed by atoms with Crippen LogP contribution in [0.3, 0.4) is 0 Å². The predicted molar refractivity (Wildman–Crippen MR) is 117 cm³/mol. The first-order chi connectivity index (χ1) is 14.2. The van der Waals surface area contributed by atoms with Crippen LogP contribution in [0.5, 0.6) is 0 Å². The van der Waals surface area contributed by atoms with Crippen molar-refractivity contribution >= 4 is 55.4 Å². The second-order valence-corrected chi connectivity index (χ2v) is 10.6. The number of alkyl halides is 2. The maximum absolute atomic E-state index is 12.8. The van der Waals surface area contributed by atoms with Gasteiger partial charge in [-0.2, -0.15) is 0 Å². The Bertz CT molecular complexity index is 900. The van der Waals surface area contributed by atoms with Crippen LogP contribution in [0.15, 0.2) is 18.2 Å². The Hall–Kier alpha value is -1.54. The fraction of sp³-hybridized carbons (Fsp3) is 0.545. The van der Waals surface area contributed by atoms with E-state index in [0.29, 0.717) is 5.56 Å². The van der Waals surface area contributed by atoms with E-state index in [1.165, 1.54) is 4.90 Å². The summed E-state index contributed by atoms with van der Waals surface area (Å²) in [6.07, 6.45) is 0.761. The summed E-state index contributed by atoms with van der Waals surface area (Å²) in [5.41, 5.74) is 2.31. The molecule has 1 heterocycles. The van der Waals surface area contributed by atoms with Gasteiger partial charge in [-0.1, -0.05) is 49.6 Å². The zero-order valence-corrected chi connectivity index (χ0v) is 19.9. The number of carbonyl (C=O) groups excluding carboxylic acids is 4. The molecule has 2 bridgehead atoms. The Kier molecular flexibility index (Phi) is 5.92. The SMILES string of the molecule is Cc1ccc(C)c(C(=O)COC(=O)CCN2C(=O)[C@@H]3[C@H]4C[C@@H]([C@H](Br)[C@H]4Br)[C@H]3C2=O)c1. The molecular formula is C22H23Br2NO5. The van der Waals surface area contributed by atoms with Crippen LogP contribution >= 0.6 is 31.9 Å². The normalized spacial score (nSPS) is 31.9. The molecule has 2 amide bonds. The average molecular weight is 541 g/mol. The van der Waals surface area contributed by atoms with Gasteiger partial charge in [0.15, 0.2) is 6.61 Å². The molecule has 1 aromatic rings. The van der Waals surface area contributed by atoms with Crippen molar-refractivity contribution in [1.29, 1.82) is 0 Å². The fourth-order valence-electron chi connectivity index (χ4n) is 5.17. The van der Waals surface area contributed by atoms with E-state index in [1.807, 2.05) is 26.0 Å². The molecule has 8 heteroatoms. The largest absolute Gasteiger partial charge is 0.457 e. The number of hydrogen-bond donors (Lipinski definition) is 0. The van der Waals surface area contributed by atoms with E-state index in [2.05, 4.69) is 31.9 Å². The minimum absolute atomic E-state index is 0.000504. The van der Waals surface area contributed by atoms with Crippen molar-refractivity contribution in [2.45, 2.75) is 36.3 Å². The van der Waals surface area contributed by atoms with Gasteiger partial charge in [0.05, 0.1) is 18.3 Å². The molecule has 0 aromatic heterocycles. The van der Waals surface area contributed by atoms with Gasteiger partial charge < -0.3 is 4.74 Å². The van der Waals surface area contributed by atoms with Gasteiger partial charge in [0, 0.05) is 21.8 Å². The van der Waals surface area contributed by atoms with E-state index in [4.69, 9.17) is 4.74 Å². The van der Waals surface area contributed by atoms with Crippen LogP contribution in [-0.4, -0.2) is 51.3 Å². The average Bonchev–Trinajstić information content (AvgIpc) is 3.31. The number of ketones is 1. The standard InChI is InChI=1S/C22H23Br2NO5/c1-10-3-4-11(2)12(7-10)15(26)9-30-16(27)5-6-25-21(28)17-13-8-14(18(17)22(25)29)20(24)19(13)23/h3-4,7,13-14,17-20H,5-6,8-9H2,1-2H3/t13-,14-,17-,18-,19+,20+/m1/s1. The lowest BCUT2D eigenvalue weighted by molar-refractivity contribution is -0.145. The van der Waals surface area contributed by atoms with E-state index < -0.39 is 5.97 Å². The van der Waals surface area contributed by atoms with Crippen LogP contribution < -0.4 is 0 Å². The lowest BCUT2D eigenvalue weighted by atomic mass is 9.81. The molecule has 1 aliphatic heterocycles. The molecule has 1 saturated heterocycles. The lowest BCUT2D eigenvalue weighted by Crippen LogP contribution is -2.37. The number of esters is 1. The molecule has 0 spiro atoms. The zero-order valence-electron chi connectivity index (χ0n) is 16.8. The Balaban J connectivity index is 1.31. The van der Waals surface area contributed by atoms with Gasteiger partial charge in [-0.25, -0.2) is 0 Å². The molecule has 160 valence electrons. The van der Waals surface area contributed by atoms with Crippen molar-refractivity contribution in [3.63, 3.8) is 0 Å². The number of aryl methyl sites for hydroxylation is 2. The minimum Gasteiger partial charge on any atom is -0.457 e. The number of ether oxygens (including phenoxy) is 1. The van der Waals surface area contributed by atoms with Crippen molar-refractivity contribution in [1.82, 2.24) is 4.90 Å². The number of amides is 2. The molecule has 30 heavy (non-hydrogen) atoms. The van der Waals surface area contributed by atoms with Gasteiger partial charge in [-0.05, 0) is 43.7 Å². The van der Waals surface area contributed by atoms with E-state index in [9.17, 15) is 19.2 Å². The first kappa shape index (κ1) is 21.7. The van der Waals surface area contributed by atoms with Crippen molar-refractivity contribution in [2.24, 2.45) is 23.7 Å². The van der Waals surface area contributed by atoms with Crippen LogP contribution in [0.1, 0.15) is 34.3 Å². The summed E-state index contributed by atoms with van der Waals surface area (Å²) in [6.45, 7) is 3.37. The first-order valence-corrected chi connectivity index (χ1v) is 11.9. The summed E-state index contributed by atoms with van der Waals surface area (Å²) < 4.78 is 5.11. The van der Waals surface area contributed by atoms with E-state index in [-0.39, 0.29) is 70.5 Å². The number of Topliss-reactive ketones (excluding diaryl/α,β-unsaturated/α-hetero) is 1. The van der Waals surface area contributed by atoms with Crippen LogP contribution in [0.25, 0.3) is 0 Å². The topological polar surface area (TPSA) is 80.8 Å². The molecule has 3 fully saturated rings. The third kappa shape index (κ3) is 3.55. The van der Waals surface area contributed by atoms with Crippen molar-refractivity contribution in [2.75, 3.05) is 13.2 Å². The van der Waals surface area contributed by atoms with Gasteiger partial charge in [0.25, 0.3) is 0 Å². The maximum Gasteiger partial charge on any atom is 0.308 e. The summed E-state index contributed by atoms with van der Waals surface area (Å²) in [4.78, 5) is 51.8. The first-order valence-electron chi connectivity index (χ1n) is 10.1. The number of likely N-dealkylation sites (tertiary alicyclic amines) is 1. The van der Waals surface area contributed by atoms with Crippen molar-refractivity contribution < 1.29 is 23.9 Å². The molecular weight excluding hydrogens is 518 g/mol. The van der Waals surface area contributed by atoms with E-state index in [0.717, 1.165) is 17.5 Å². The van der Waals surface area contributed by atoms with Gasteiger partial charge in [0.2, 0.25) is 17.6 Å². The smallest absolute Gasteiger partial charge is 0.308 e. The van der Waals surface area contributed by atoms with Crippen molar-refractivity contribution in [3.05, 3.63) is 34.9 Å². The molecule has 0 radical (unpaired) electrons. The molecule has 4 rings (SSSR count). The highest BCUT2D eigenvalue weighted by Gasteiger charge is 2.66. The number of carbonyl (C=O) groups is 4. The zero-order chi connectivity index (χ0) is 21.7. The number of benzene rings is 1.